The molecule has 2 saturated carbocycles. The van der Waals surface area contributed by atoms with Gasteiger partial charge in [0, 0.05) is 0 Å². The minimum Gasteiger partial charge on any atom is -0.0625 e. The van der Waals surface area contributed by atoms with E-state index in [-0.39, 0.29) is 0 Å². The van der Waals surface area contributed by atoms with E-state index >= 15 is 0 Å². The molecule has 12 heavy (non-hydrogen) atoms. The standard InChI is InChI=1S/C12H22/c1-7(2)12-9(4)10-5-8(3)6-11(10)12/h7-12H,5-6H2,1-4H3. The highest BCUT2D eigenvalue weighted by Crippen LogP contribution is 2.59. The van der Waals surface area contributed by atoms with Gasteiger partial charge >= 0.3 is 0 Å². The first-order valence-electron chi connectivity index (χ1n) is 5.61. The molecule has 0 bridgehead atoms. The zero-order valence-corrected chi connectivity index (χ0v) is 8.88. The third-order valence-electron chi connectivity index (χ3n) is 4.45. The lowest BCUT2D eigenvalue weighted by molar-refractivity contribution is -0.0172. The topological polar surface area (TPSA) is 0 Å². The van der Waals surface area contributed by atoms with Crippen LogP contribution >= 0.6 is 0 Å². The van der Waals surface area contributed by atoms with Gasteiger partial charge in [-0.15, -0.1) is 0 Å². The molecule has 0 aromatic heterocycles. The molecule has 5 unspecified atom stereocenters. The lowest BCUT2D eigenvalue weighted by atomic mass is 9.55. The summed E-state index contributed by atoms with van der Waals surface area (Å²) in [4.78, 5) is 0. The minimum absolute atomic E-state index is 0.923. The molecule has 0 nitrogen and oxygen atoms in total. The van der Waals surface area contributed by atoms with Crippen molar-refractivity contribution in [2.45, 2.75) is 40.5 Å². The fourth-order valence-electron chi connectivity index (χ4n) is 4.05. The number of hydrogen-bond acceptors (Lipinski definition) is 0. The minimum atomic E-state index is 0.923. The molecular formula is C12H22. The average molecular weight is 166 g/mol. The summed E-state index contributed by atoms with van der Waals surface area (Å²) < 4.78 is 0. The molecule has 0 aliphatic heterocycles. The Morgan fingerprint density at radius 3 is 2.17 bits per heavy atom. The molecule has 0 heteroatoms. The van der Waals surface area contributed by atoms with Gasteiger partial charge in [-0.1, -0.05) is 27.7 Å². The van der Waals surface area contributed by atoms with Crippen molar-refractivity contribution in [3.05, 3.63) is 0 Å². The Morgan fingerprint density at radius 2 is 1.58 bits per heavy atom. The lowest BCUT2D eigenvalue weighted by Gasteiger charge is -2.50. The second-order valence-electron chi connectivity index (χ2n) is 5.58. The summed E-state index contributed by atoms with van der Waals surface area (Å²) in [7, 11) is 0. The Kier molecular flexibility index (Phi) is 1.97. The predicted molar refractivity (Wildman–Crippen MR) is 52.9 cm³/mol. The molecule has 2 fully saturated rings. The van der Waals surface area contributed by atoms with Crippen LogP contribution in [-0.2, 0) is 0 Å². The highest BCUT2D eigenvalue weighted by Gasteiger charge is 2.52. The maximum atomic E-state index is 2.48. The highest BCUT2D eigenvalue weighted by atomic mass is 14.6. The second kappa shape index (κ2) is 2.75. The van der Waals surface area contributed by atoms with Gasteiger partial charge in [0.25, 0.3) is 0 Å². The van der Waals surface area contributed by atoms with Crippen molar-refractivity contribution in [2.24, 2.45) is 35.5 Å². The largest absolute Gasteiger partial charge is 0.0625 e. The summed E-state index contributed by atoms with van der Waals surface area (Å²) >= 11 is 0. The summed E-state index contributed by atoms with van der Waals surface area (Å²) in [6.07, 6.45) is 3.05. The van der Waals surface area contributed by atoms with E-state index in [1.165, 1.54) is 12.8 Å². The smallest absolute Gasteiger partial charge is 0.0331 e. The molecular weight excluding hydrogens is 144 g/mol. The summed E-state index contributed by atoms with van der Waals surface area (Å²) in [5.74, 6) is 6.24. The molecule has 0 aromatic carbocycles. The molecule has 2 aliphatic carbocycles. The monoisotopic (exact) mass is 166 g/mol. The average Bonchev–Trinajstić information content (AvgIpc) is 2.28. The van der Waals surface area contributed by atoms with E-state index < -0.39 is 0 Å². The Labute approximate surface area is 76.7 Å². The molecule has 0 aromatic rings. The van der Waals surface area contributed by atoms with E-state index in [2.05, 4.69) is 27.7 Å². The van der Waals surface area contributed by atoms with Gasteiger partial charge in [-0.3, -0.25) is 0 Å². The van der Waals surface area contributed by atoms with Crippen molar-refractivity contribution in [1.29, 1.82) is 0 Å². The Bertz CT molecular complexity index is 171. The summed E-state index contributed by atoms with van der Waals surface area (Å²) in [5, 5.41) is 0. The van der Waals surface area contributed by atoms with Crippen LogP contribution < -0.4 is 0 Å². The molecule has 0 spiro atoms. The maximum Gasteiger partial charge on any atom is -0.0331 e. The van der Waals surface area contributed by atoms with E-state index in [1.54, 1.807) is 0 Å². The molecule has 0 amide bonds. The van der Waals surface area contributed by atoms with Gasteiger partial charge in [-0.2, -0.15) is 0 Å². The second-order valence-corrected chi connectivity index (χ2v) is 5.58. The predicted octanol–water partition coefficient (Wildman–Crippen LogP) is 3.57. The first-order chi connectivity index (χ1) is 5.61. The maximum absolute atomic E-state index is 2.48. The first-order valence-corrected chi connectivity index (χ1v) is 5.61. The number of fused-ring (bicyclic) bond motifs is 1. The van der Waals surface area contributed by atoms with Crippen molar-refractivity contribution < 1.29 is 0 Å². The summed E-state index contributed by atoms with van der Waals surface area (Å²) in [6, 6.07) is 0. The third-order valence-corrected chi connectivity index (χ3v) is 4.45. The third kappa shape index (κ3) is 1.03. The van der Waals surface area contributed by atoms with Crippen molar-refractivity contribution in [3.8, 4) is 0 Å². The van der Waals surface area contributed by atoms with Crippen LogP contribution in [0.1, 0.15) is 40.5 Å². The quantitative estimate of drug-likeness (QED) is 0.558. The van der Waals surface area contributed by atoms with Crippen LogP contribution in [0.4, 0.5) is 0 Å². The highest BCUT2D eigenvalue weighted by molar-refractivity contribution is 5.00. The molecule has 0 N–H and O–H groups in total. The van der Waals surface area contributed by atoms with Gasteiger partial charge in [-0.05, 0) is 48.3 Å². The van der Waals surface area contributed by atoms with Crippen LogP contribution in [0.2, 0.25) is 0 Å². The molecule has 2 rings (SSSR count). The Balaban J connectivity index is 2.03. The van der Waals surface area contributed by atoms with Gasteiger partial charge in [0.05, 0.1) is 0 Å². The van der Waals surface area contributed by atoms with Gasteiger partial charge < -0.3 is 0 Å². The van der Waals surface area contributed by atoms with Crippen LogP contribution in [-0.4, -0.2) is 0 Å². The Hall–Kier alpha value is 0. The lowest BCUT2D eigenvalue weighted by Crippen LogP contribution is -2.44. The van der Waals surface area contributed by atoms with Crippen LogP contribution in [0.15, 0.2) is 0 Å². The molecule has 0 saturated heterocycles. The fourth-order valence-corrected chi connectivity index (χ4v) is 4.05. The van der Waals surface area contributed by atoms with Crippen molar-refractivity contribution in [2.75, 3.05) is 0 Å². The molecule has 0 heterocycles. The first kappa shape index (κ1) is 8.59. The van der Waals surface area contributed by atoms with Gasteiger partial charge in [0.1, 0.15) is 0 Å². The van der Waals surface area contributed by atoms with Crippen molar-refractivity contribution >= 4 is 0 Å². The normalized spacial score (nSPS) is 52.2. The Morgan fingerprint density at radius 1 is 1.00 bits per heavy atom. The van der Waals surface area contributed by atoms with Gasteiger partial charge in [-0.25, -0.2) is 0 Å². The van der Waals surface area contributed by atoms with Gasteiger partial charge in [0.15, 0.2) is 0 Å². The number of rotatable bonds is 1. The molecule has 0 radical (unpaired) electrons. The number of hydrogen-bond donors (Lipinski definition) is 0. The summed E-state index contributed by atoms with van der Waals surface area (Å²) in [6.45, 7) is 9.72. The van der Waals surface area contributed by atoms with E-state index in [0.29, 0.717) is 0 Å². The van der Waals surface area contributed by atoms with E-state index in [1.807, 2.05) is 0 Å². The van der Waals surface area contributed by atoms with Crippen LogP contribution in [0, 0.1) is 35.5 Å². The zero-order valence-electron chi connectivity index (χ0n) is 8.88. The van der Waals surface area contributed by atoms with Gasteiger partial charge in [0.2, 0.25) is 0 Å². The van der Waals surface area contributed by atoms with Crippen molar-refractivity contribution in [1.82, 2.24) is 0 Å². The van der Waals surface area contributed by atoms with E-state index in [9.17, 15) is 0 Å². The molecule has 70 valence electrons. The van der Waals surface area contributed by atoms with E-state index in [0.717, 1.165) is 35.5 Å². The fraction of sp³-hybridized carbons (Fsp3) is 1.00. The van der Waals surface area contributed by atoms with Crippen LogP contribution in [0.25, 0.3) is 0 Å². The zero-order chi connectivity index (χ0) is 8.88. The summed E-state index contributed by atoms with van der Waals surface area (Å²) in [5.41, 5.74) is 0. The molecule has 2 aliphatic rings. The van der Waals surface area contributed by atoms with Crippen LogP contribution in [0.5, 0.6) is 0 Å². The van der Waals surface area contributed by atoms with Crippen LogP contribution in [0.3, 0.4) is 0 Å². The molecule has 5 atom stereocenters. The van der Waals surface area contributed by atoms with Crippen molar-refractivity contribution in [3.63, 3.8) is 0 Å². The van der Waals surface area contributed by atoms with E-state index in [4.69, 9.17) is 0 Å². The SMILES string of the molecule is CC1CC2C(C)C(C(C)C)C2C1.